The Kier molecular flexibility index (Phi) is 4.07. The van der Waals surface area contributed by atoms with Crippen molar-refractivity contribution < 1.29 is 18.3 Å². The molecule has 3 heterocycles. The minimum absolute atomic E-state index is 0.149. The summed E-state index contributed by atoms with van der Waals surface area (Å²) < 4.78 is 39.3. The van der Waals surface area contributed by atoms with Gasteiger partial charge in [0.1, 0.15) is 22.6 Å². The average molecular weight is 353 g/mol. The number of halogens is 3. The first-order valence-corrected chi connectivity index (χ1v) is 7.34. The van der Waals surface area contributed by atoms with Crippen molar-refractivity contribution in [3.8, 4) is 0 Å². The van der Waals surface area contributed by atoms with Crippen LogP contribution in [-0.4, -0.2) is 29.8 Å². The van der Waals surface area contributed by atoms with Crippen molar-refractivity contribution in [2.45, 2.75) is 32.7 Å². The summed E-state index contributed by atoms with van der Waals surface area (Å²) in [6.45, 7) is 2.83. The molecule has 25 heavy (non-hydrogen) atoms. The zero-order valence-electron chi connectivity index (χ0n) is 13.3. The van der Waals surface area contributed by atoms with Gasteiger partial charge in [-0.15, -0.1) is 0 Å². The third kappa shape index (κ3) is 3.00. The van der Waals surface area contributed by atoms with E-state index in [-0.39, 0.29) is 16.7 Å². The topological polar surface area (TPSA) is 96.7 Å². The van der Waals surface area contributed by atoms with Crippen LogP contribution in [0.1, 0.15) is 35.7 Å². The van der Waals surface area contributed by atoms with Crippen LogP contribution in [0.4, 0.5) is 13.2 Å². The summed E-state index contributed by atoms with van der Waals surface area (Å²) in [7, 11) is 0. The first-order valence-electron chi connectivity index (χ1n) is 7.34. The smallest absolute Gasteiger partial charge is 0.390 e. The molecule has 2 N–H and O–H groups in total. The summed E-state index contributed by atoms with van der Waals surface area (Å²) in [5, 5.41) is 13.8. The van der Waals surface area contributed by atoms with Gasteiger partial charge in [-0.2, -0.15) is 18.3 Å². The molecule has 0 fully saturated rings. The second-order valence-electron chi connectivity index (χ2n) is 5.55. The van der Waals surface area contributed by atoms with Crippen molar-refractivity contribution >= 4 is 11.0 Å². The Balaban J connectivity index is 2.11. The molecule has 0 amide bonds. The highest BCUT2D eigenvalue weighted by Crippen LogP contribution is 2.29. The van der Waals surface area contributed by atoms with Gasteiger partial charge in [0.05, 0.1) is 12.6 Å². The largest absolute Gasteiger partial charge is 0.433 e. The van der Waals surface area contributed by atoms with E-state index in [1.807, 2.05) is 0 Å². The fourth-order valence-electron chi connectivity index (χ4n) is 2.57. The summed E-state index contributed by atoms with van der Waals surface area (Å²) in [5.41, 5.74) is -0.569. The summed E-state index contributed by atoms with van der Waals surface area (Å²) in [5.74, 6) is 0.362. The maximum Gasteiger partial charge on any atom is 0.433 e. The van der Waals surface area contributed by atoms with Gasteiger partial charge in [-0.05, 0) is 25.5 Å². The van der Waals surface area contributed by atoms with Gasteiger partial charge in [-0.25, -0.2) is 9.67 Å². The second kappa shape index (κ2) is 5.96. The molecule has 3 aromatic rings. The van der Waals surface area contributed by atoms with E-state index in [0.29, 0.717) is 11.4 Å². The van der Waals surface area contributed by atoms with Crippen LogP contribution in [0.15, 0.2) is 23.1 Å². The SMILES string of the molecule is Cc1nc2c(c(CO)nn2[C@H](C)c2ccc(C(F)(F)F)nc2)c(=O)[nH]1. The van der Waals surface area contributed by atoms with E-state index in [4.69, 9.17) is 0 Å². The number of nitrogens with one attached hydrogen (secondary N) is 1. The Hall–Kier alpha value is -2.75. The molecule has 1 atom stereocenters. The molecule has 0 saturated heterocycles. The highest BCUT2D eigenvalue weighted by molar-refractivity contribution is 5.77. The van der Waals surface area contributed by atoms with Crippen LogP contribution in [0.25, 0.3) is 11.0 Å². The number of aliphatic hydroxyl groups is 1. The Morgan fingerprint density at radius 3 is 2.64 bits per heavy atom. The van der Waals surface area contributed by atoms with Crippen LogP contribution in [0.5, 0.6) is 0 Å². The number of hydrogen-bond donors (Lipinski definition) is 2. The zero-order valence-corrected chi connectivity index (χ0v) is 13.3. The molecule has 0 aliphatic rings. The number of aryl methyl sites for hydroxylation is 1. The van der Waals surface area contributed by atoms with Gasteiger partial charge < -0.3 is 10.1 Å². The van der Waals surface area contributed by atoms with Gasteiger partial charge in [-0.3, -0.25) is 9.78 Å². The Morgan fingerprint density at radius 1 is 1.36 bits per heavy atom. The van der Waals surface area contributed by atoms with Crippen LogP contribution in [0.3, 0.4) is 0 Å². The maximum atomic E-state index is 12.6. The van der Waals surface area contributed by atoms with Crippen LogP contribution >= 0.6 is 0 Å². The van der Waals surface area contributed by atoms with Crippen LogP contribution < -0.4 is 5.56 Å². The Morgan fingerprint density at radius 2 is 2.08 bits per heavy atom. The number of rotatable bonds is 3. The van der Waals surface area contributed by atoms with Crippen molar-refractivity contribution in [1.29, 1.82) is 0 Å². The number of H-pyrrole nitrogens is 1. The lowest BCUT2D eigenvalue weighted by Crippen LogP contribution is -2.14. The molecule has 7 nitrogen and oxygen atoms in total. The minimum atomic E-state index is -4.52. The van der Waals surface area contributed by atoms with E-state index >= 15 is 0 Å². The number of aromatic amines is 1. The molecule has 0 saturated carbocycles. The molecule has 0 aromatic carbocycles. The van der Waals surface area contributed by atoms with Crippen molar-refractivity contribution in [2.75, 3.05) is 0 Å². The van der Waals surface area contributed by atoms with E-state index in [1.54, 1.807) is 13.8 Å². The first-order chi connectivity index (χ1) is 11.7. The fourth-order valence-corrected chi connectivity index (χ4v) is 2.57. The molecule has 0 unspecified atom stereocenters. The number of nitrogens with zero attached hydrogens (tertiary/aromatic N) is 4. The third-order valence-corrected chi connectivity index (χ3v) is 3.83. The predicted molar refractivity (Wildman–Crippen MR) is 81.9 cm³/mol. The van der Waals surface area contributed by atoms with Crippen LogP contribution in [0.2, 0.25) is 0 Å². The van der Waals surface area contributed by atoms with Gasteiger partial charge in [0.2, 0.25) is 0 Å². The van der Waals surface area contributed by atoms with Crippen LogP contribution in [-0.2, 0) is 12.8 Å². The molecule has 132 valence electrons. The summed E-state index contributed by atoms with van der Waals surface area (Å²) in [6.07, 6.45) is -3.41. The van der Waals surface area contributed by atoms with Gasteiger partial charge in [0.25, 0.3) is 5.56 Å². The van der Waals surface area contributed by atoms with Crippen molar-refractivity contribution in [3.05, 3.63) is 51.5 Å². The third-order valence-electron chi connectivity index (χ3n) is 3.83. The van der Waals surface area contributed by atoms with Crippen molar-refractivity contribution in [2.24, 2.45) is 0 Å². The van der Waals surface area contributed by atoms with E-state index < -0.39 is 30.1 Å². The molecule has 0 aliphatic heterocycles. The quantitative estimate of drug-likeness (QED) is 0.750. The number of pyridine rings is 1. The lowest BCUT2D eigenvalue weighted by molar-refractivity contribution is -0.141. The minimum Gasteiger partial charge on any atom is -0.390 e. The van der Waals surface area contributed by atoms with Crippen molar-refractivity contribution in [3.63, 3.8) is 0 Å². The number of aliphatic hydroxyl groups excluding tert-OH is 1. The van der Waals surface area contributed by atoms with Gasteiger partial charge in [0, 0.05) is 6.20 Å². The normalized spacial score (nSPS) is 13.4. The highest BCUT2D eigenvalue weighted by Gasteiger charge is 2.32. The Labute approximate surface area is 139 Å². The fraction of sp³-hybridized carbons (Fsp3) is 0.333. The van der Waals surface area contributed by atoms with Crippen LogP contribution in [0, 0.1) is 6.92 Å². The monoisotopic (exact) mass is 353 g/mol. The Bertz CT molecular complexity index is 976. The molecule has 0 spiro atoms. The highest BCUT2D eigenvalue weighted by atomic mass is 19.4. The number of aromatic nitrogens is 5. The summed E-state index contributed by atoms with van der Waals surface area (Å²) in [6, 6.07) is 1.65. The standard InChI is InChI=1S/C15H14F3N5O2/c1-7(9-3-4-11(19-5-9)15(16,17)18)23-13-12(10(6-24)22-23)14(25)21-8(2)20-13/h3-5,7,24H,6H2,1-2H3,(H,20,21,25)/t7-/m1/s1. The molecular formula is C15H14F3N5O2. The molecule has 0 aliphatic carbocycles. The predicted octanol–water partition coefficient (Wildman–Crippen LogP) is 1.94. The molecule has 10 heteroatoms. The average Bonchev–Trinajstić information content (AvgIpc) is 2.92. The molecule has 0 bridgehead atoms. The number of hydrogen-bond acceptors (Lipinski definition) is 5. The van der Waals surface area contributed by atoms with Gasteiger partial charge in [0.15, 0.2) is 5.65 Å². The van der Waals surface area contributed by atoms with Gasteiger partial charge in [-0.1, -0.05) is 6.07 Å². The second-order valence-corrected chi connectivity index (χ2v) is 5.55. The van der Waals surface area contributed by atoms with Gasteiger partial charge >= 0.3 is 6.18 Å². The molecule has 0 radical (unpaired) electrons. The zero-order chi connectivity index (χ0) is 18.4. The molecule has 3 rings (SSSR count). The lowest BCUT2D eigenvalue weighted by atomic mass is 10.1. The number of fused-ring (bicyclic) bond motifs is 1. The number of alkyl halides is 3. The van der Waals surface area contributed by atoms with E-state index in [0.717, 1.165) is 12.3 Å². The lowest BCUT2D eigenvalue weighted by Gasteiger charge is -2.14. The maximum absolute atomic E-state index is 12.6. The first kappa shape index (κ1) is 17.1. The van der Waals surface area contributed by atoms with Crippen molar-refractivity contribution in [1.82, 2.24) is 24.7 Å². The summed E-state index contributed by atoms with van der Waals surface area (Å²) in [4.78, 5) is 22.3. The van der Waals surface area contributed by atoms with E-state index in [9.17, 15) is 23.1 Å². The molecule has 3 aromatic heterocycles. The van der Waals surface area contributed by atoms with E-state index in [2.05, 4.69) is 20.1 Å². The van der Waals surface area contributed by atoms with E-state index in [1.165, 1.54) is 10.7 Å². The molecular weight excluding hydrogens is 339 g/mol. The summed E-state index contributed by atoms with van der Waals surface area (Å²) >= 11 is 0.